The first kappa shape index (κ1) is 10.7. The fraction of sp³-hybridized carbons (Fsp3) is 0.300. The van der Waals surface area contributed by atoms with Crippen LogP contribution in [0.15, 0.2) is 12.1 Å². The number of hydrogen-bond acceptors (Lipinski definition) is 2. The van der Waals surface area contributed by atoms with Gasteiger partial charge in [0.15, 0.2) is 0 Å². The predicted octanol–water partition coefficient (Wildman–Crippen LogP) is 2.79. The summed E-state index contributed by atoms with van der Waals surface area (Å²) in [4.78, 5) is 7.46. The highest BCUT2D eigenvalue weighted by atomic mass is 35.5. The van der Waals surface area contributed by atoms with Gasteiger partial charge in [0.05, 0.1) is 15.6 Å². The van der Waals surface area contributed by atoms with E-state index in [1.54, 1.807) is 6.07 Å². The summed E-state index contributed by atoms with van der Waals surface area (Å²) in [6.07, 6.45) is 1.39. The van der Waals surface area contributed by atoms with Gasteiger partial charge in [-0.2, -0.15) is 0 Å². The normalized spacial score (nSPS) is 11.1. The number of halogens is 2. The minimum absolute atomic E-state index is 0.158. The average Bonchev–Trinajstić information content (AvgIpc) is 2.64. The zero-order chi connectivity index (χ0) is 10.8. The number of fused-ring (bicyclic) bond motifs is 1. The number of aliphatic hydroxyl groups is 1. The number of aromatic amines is 1. The number of nitrogens with one attached hydrogen (secondary N) is 1. The highest BCUT2D eigenvalue weighted by Crippen LogP contribution is 2.29. The number of H-pyrrole nitrogens is 1. The number of nitrogens with zero attached hydrogens (tertiary/aromatic N) is 1. The average molecular weight is 245 g/mol. The Kier molecular flexibility index (Phi) is 3.14. The lowest BCUT2D eigenvalue weighted by Gasteiger charge is -1.93. The van der Waals surface area contributed by atoms with Crippen LogP contribution in [0.3, 0.4) is 0 Å². The van der Waals surface area contributed by atoms with Gasteiger partial charge in [-0.25, -0.2) is 4.98 Å². The van der Waals surface area contributed by atoms with Gasteiger partial charge in [0.25, 0.3) is 0 Å². The van der Waals surface area contributed by atoms with Gasteiger partial charge in [0.1, 0.15) is 11.3 Å². The van der Waals surface area contributed by atoms with Crippen molar-refractivity contribution in [1.82, 2.24) is 9.97 Å². The van der Waals surface area contributed by atoms with Crippen LogP contribution in [-0.4, -0.2) is 21.7 Å². The highest BCUT2D eigenvalue weighted by Gasteiger charge is 2.08. The molecule has 5 heteroatoms. The molecule has 0 atom stereocenters. The maximum atomic E-state index is 8.71. The third kappa shape index (κ3) is 2.09. The van der Waals surface area contributed by atoms with Crippen LogP contribution in [-0.2, 0) is 6.42 Å². The zero-order valence-electron chi connectivity index (χ0n) is 7.93. The lowest BCUT2D eigenvalue weighted by Crippen LogP contribution is -1.90. The molecule has 2 aromatic rings. The smallest absolute Gasteiger partial charge is 0.109 e. The molecule has 0 radical (unpaired) electrons. The third-order valence-corrected chi connectivity index (χ3v) is 2.96. The van der Waals surface area contributed by atoms with Crippen LogP contribution in [0, 0.1) is 0 Å². The Morgan fingerprint density at radius 3 is 2.87 bits per heavy atom. The van der Waals surface area contributed by atoms with Crippen LogP contribution < -0.4 is 0 Å². The van der Waals surface area contributed by atoms with Crippen LogP contribution in [0.2, 0.25) is 10.0 Å². The van der Waals surface area contributed by atoms with Gasteiger partial charge >= 0.3 is 0 Å². The first-order chi connectivity index (χ1) is 7.22. The molecule has 0 bridgehead atoms. The van der Waals surface area contributed by atoms with Crippen molar-refractivity contribution in [2.24, 2.45) is 0 Å². The van der Waals surface area contributed by atoms with Gasteiger partial charge in [-0.05, 0) is 18.6 Å². The second-order valence-electron chi connectivity index (χ2n) is 3.27. The van der Waals surface area contributed by atoms with E-state index in [1.807, 2.05) is 6.07 Å². The van der Waals surface area contributed by atoms with E-state index in [1.165, 1.54) is 0 Å². The Balaban J connectivity index is 2.42. The van der Waals surface area contributed by atoms with E-state index in [4.69, 9.17) is 28.3 Å². The lowest BCUT2D eigenvalue weighted by molar-refractivity contribution is 0.287. The maximum Gasteiger partial charge on any atom is 0.109 e. The van der Waals surface area contributed by atoms with Crippen LogP contribution in [0.1, 0.15) is 12.2 Å². The molecule has 0 aliphatic carbocycles. The SMILES string of the molecule is OCCCc1nc2c(Cl)c(Cl)ccc2[nH]1. The van der Waals surface area contributed by atoms with Crippen LogP contribution in [0.5, 0.6) is 0 Å². The van der Waals surface area contributed by atoms with E-state index in [9.17, 15) is 0 Å². The molecule has 0 saturated heterocycles. The summed E-state index contributed by atoms with van der Waals surface area (Å²) in [7, 11) is 0. The summed E-state index contributed by atoms with van der Waals surface area (Å²) in [6.45, 7) is 0.158. The van der Waals surface area contributed by atoms with E-state index in [0.29, 0.717) is 28.4 Å². The predicted molar refractivity (Wildman–Crippen MR) is 61.5 cm³/mol. The van der Waals surface area contributed by atoms with Gasteiger partial charge in [0, 0.05) is 13.0 Å². The number of aliphatic hydroxyl groups excluding tert-OH is 1. The van der Waals surface area contributed by atoms with Crippen LogP contribution in [0.4, 0.5) is 0 Å². The molecule has 1 aromatic heterocycles. The third-order valence-electron chi connectivity index (χ3n) is 2.17. The lowest BCUT2D eigenvalue weighted by atomic mass is 10.3. The quantitative estimate of drug-likeness (QED) is 0.873. The van der Waals surface area contributed by atoms with E-state index in [-0.39, 0.29) is 6.61 Å². The molecule has 1 aromatic carbocycles. The molecule has 2 rings (SSSR count). The Bertz CT molecular complexity index is 481. The van der Waals surface area contributed by atoms with Crippen molar-refractivity contribution < 1.29 is 5.11 Å². The highest BCUT2D eigenvalue weighted by molar-refractivity contribution is 6.44. The molecule has 15 heavy (non-hydrogen) atoms. The Hall–Kier alpha value is -0.770. The zero-order valence-corrected chi connectivity index (χ0v) is 9.44. The van der Waals surface area contributed by atoms with E-state index in [0.717, 1.165) is 11.3 Å². The Labute approximate surface area is 97.0 Å². The standard InChI is InChI=1S/C10H10Cl2N2O/c11-6-3-4-7-10(9(6)12)14-8(13-7)2-1-5-15/h3-4,15H,1-2,5H2,(H,13,14). The number of aryl methyl sites for hydroxylation is 1. The van der Waals surface area contributed by atoms with Crippen molar-refractivity contribution in [1.29, 1.82) is 0 Å². The van der Waals surface area contributed by atoms with Crippen molar-refractivity contribution in [2.45, 2.75) is 12.8 Å². The molecule has 0 spiro atoms. The van der Waals surface area contributed by atoms with Crippen LogP contribution >= 0.6 is 23.2 Å². The number of rotatable bonds is 3. The van der Waals surface area contributed by atoms with Gasteiger partial charge < -0.3 is 10.1 Å². The van der Waals surface area contributed by atoms with Gasteiger partial charge in [-0.1, -0.05) is 23.2 Å². The molecule has 0 aliphatic rings. The summed E-state index contributed by atoms with van der Waals surface area (Å²) in [5, 5.41) is 9.69. The summed E-state index contributed by atoms with van der Waals surface area (Å²) >= 11 is 11.9. The molecule has 0 amide bonds. The second-order valence-corrected chi connectivity index (χ2v) is 4.05. The van der Waals surface area contributed by atoms with Crippen molar-refractivity contribution in [3.05, 3.63) is 28.0 Å². The van der Waals surface area contributed by atoms with Crippen molar-refractivity contribution in [3.63, 3.8) is 0 Å². The maximum absolute atomic E-state index is 8.71. The van der Waals surface area contributed by atoms with Gasteiger partial charge in [0.2, 0.25) is 0 Å². The molecule has 0 unspecified atom stereocenters. The monoisotopic (exact) mass is 244 g/mol. The van der Waals surface area contributed by atoms with Gasteiger partial charge in [-0.15, -0.1) is 0 Å². The van der Waals surface area contributed by atoms with Crippen molar-refractivity contribution in [3.8, 4) is 0 Å². The fourth-order valence-corrected chi connectivity index (χ4v) is 1.79. The molecule has 80 valence electrons. The van der Waals surface area contributed by atoms with Crippen LogP contribution in [0.25, 0.3) is 11.0 Å². The molecular formula is C10H10Cl2N2O. The Morgan fingerprint density at radius 1 is 1.33 bits per heavy atom. The molecule has 2 N–H and O–H groups in total. The molecule has 1 heterocycles. The van der Waals surface area contributed by atoms with Gasteiger partial charge in [-0.3, -0.25) is 0 Å². The molecule has 0 saturated carbocycles. The fourth-order valence-electron chi connectivity index (χ4n) is 1.43. The summed E-state index contributed by atoms with van der Waals surface area (Å²) in [6, 6.07) is 3.58. The summed E-state index contributed by atoms with van der Waals surface area (Å²) in [5.74, 6) is 0.822. The second kappa shape index (κ2) is 4.39. The number of imidazole rings is 1. The first-order valence-corrected chi connectivity index (χ1v) is 5.41. The minimum atomic E-state index is 0.158. The summed E-state index contributed by atoms with van der Waals surface area (Å²) in [5.41, 5.74) is 1.56. The first-order valence-electron chi connectivity index (χ1n) is 4.66. The van der Waals surface area contributed by atoms with E-state index < -0.39 is 0 Å². The Morgan fingerprint density at radius 2 is 2.13 bits per heavy atom. The molecule has 0 aliphatic heterocycles. The topological polar surface area (TPSA) is 48.9 Å². The van der Waals surface area contributed by atoms with E-state index in [2.05, 4.69) is 9.97 Å². The number of benzene rings is 1. The van der Waals surface area contributed by atoms with Crippen molar-refractivity contribution >= 4 is 34.2 Å². The largest absolute Gasteiger partial charge is 0.396 e. The summed E-state index contributed by atoms with van der Waals surface area (Å²) < 4.78 is 0. The minimum Gasteiger partial charge on any atom is -0.396 e. The molecular weight excluding hydrogens is 235 g/mol. The van der Waals surface area contributed by atoms with Crippen molar-refractivity contribution in [2.75, 3.05) is 6.61 Å². The van der Waals surface area contributed by atoms with E-state index >= 15 is 0 Å². The molecule has 3 nitrogen and oxygen atoms in total. The molecule has 0 fully saturated rings. The number of hydrogen-bond donors (Lipinski definition) is 2. The number of aromatic nitrogens is 2.